The van der Waals surface area contributed by atoms with Crippen LogP contribution in [0.15, 0.2) is 237 Å². The van der Waals surface area contributed by atoms with Gasteiger partial charge in [-0.1, -0.05) is 182 Å². The highest BCUT2D eigenvalue weighted by Gasteiger charge is 2.23. The van der Waals surface area contributed by atoms with Crippen molar-refractivity contribution in [2.24, 2.45) is 0 Å². The smallest absolute Gasteiger partial charge is 0.0474 e. The van der Waals surface area contributed by atoms with Crippen molar-refractivity contribution in [2.45, 2.75) is 0 Å². The minimum absolute atomic E-state index is 1.09. The Hall–Kier alpha value is -7.78. The monoisotopic (exact) mass is 805 g/mol. The van der Waals surface area contributed by atoms with Crippen molar-refractivity contribution in [1.29, 1.82) is 0 Å². The average molecular weight is 806 g/mol. The lowest BCUT2D eigenvalue weighted by atomic mass is 9.83. The summed E-state index contributed by atoms with van der Waals surface area (Å²) in [5, 5.41) is 10.0. The maximum Gasteiger partial charge on any atom is 0.0474 e. The number of hydrogen-bond acceptors (Lipinski definition) is 2. The first-order valence-electron chi connectivity index (χ1n) is 21.2. The molecule has 0 fully saturated rings. The first kappa shape index (κ1) is 36.1. The van der Waals surface area contributed by atoms with Crippen LogP contribution >= 0.6 is 11.3 Å². The van der Waals surface area contributed by atoms with Gasteiger partial charge < -0.3 is 4.90 Å². The molecule has 0 spiro atoms. The van der Waals surface area contributed by atoms with E-state index in [0.29, 0.717) is 0 Å². The van der Waals surface area contributed by atoms with Crippen LogP contribution in [-0.4, -0.2) is 0 Å². The van der Waals surface area contributed by atoms with E-state index in [0.717, 1.165) is 17.1 Å². The molecule has 0 atom stereocenters. The van der Waals surface area contributed by atoms with Gasteiger partial charge in [0.2, 0.25) is 0 Å². The zero-order valence-corrected chi connectivity index (χ0v) is 34.7. The first-order chi connectivity index (χ1) is 30.7. The predicted molar refractivity (Wildman–Crippen MR) is 268 cm³/mol. The summed E-state index contributed by atoms with van der Waals surface area (Å²) in [6.45, 7) is 0. The Balaban J connectivity index is 1.15. The third-order valence-electron chi connectivity index (χ3n) is 12.4. The molecule has 0 N–H and O–H groups in total. The minimum atomic E-state index is 1.09. The molecule has 0 bridgehead atoms. The molecular weight excluding hydrogens is 767 g/mol. The normalized spacial score (nSPS) is 11.5. The van der Waals surface area contributed by atoms with Gasteiger partial charge in [-0.25, -0.2) is 0 Å². The fraction of sp³-hybridized carbons (Fsp3) is 0. The fourth-order valence-electron chi connectivity index (χ4n) is 9.57. The molecule has 0 saturated heterocycles. The molecule has 11 aromatic carbocycles. The molecule has 12 rings (SSSR count). The van der Waals surface area contributed by atoms with Crippen molar-refractivity contribution >= 4 is 80.9 Å². The van der Waals surface area contributed by atoms with Crippen molar-refractivity contribution in [2.75, 3.05) is 4.90 Å². The Labute approximate surface area is 365 Å². The number of nitrogens with zero attached hydrogens (tertiary/aromatic N) is 1. The van der Waals surface area contributed by atoms with Crippen molar-refractivity contribution in [1.82, 2.24) is 0 Å². The highest BCUT2D eigenvalue weighted by Crippen LogP contribution is 2.49. The van der Waals surface area contributed by atoms with Gasteiger partial charge in [-0.2, -0.15) is 0 Å². The maximum absolute atomic E-state index is 2.46. The molecule has 0 aliphatic carbocycles. The largest absolute Gasteiger partial charge is 0.310 e. The van der Waals surface area contributed by atoms with Crippen molar-refractivity contribution < 1.29 is 0 Å². The van der Waals surface area contributed by atoms with E-state index in [-0.39, 0.29) is 0 Å². The van der Waals surface area contributed by atoms with Gasteiger partial charge in [0.15, 0.2) is 0 Å². The number of rotatable bonds is 7. The molecule has 1 nitrogen and oxygen atoms in total. The molecular formula is C60H39NS. The molecule has 1 heterocycles. The van der Waals surface area contributed by atoms with Crippen molar-refractivity contribution in [3.63, 3.8) is 0 Å². The quantitative estimate of drug-likeness (QED) is 0.145. The van der Waals surface area contributed by atoms with E-state index in [1.54, 1.807) is 0 Å². The van der Waals surface area contributed by atoms with E-state index in [1.165, 1.54) is 97.0 Å². The summed E-state index contributed by atoms with van der Waals surface area (Å²) in [5.74, 6) is 0. The Morgan fingerprint density at radius 3 is 1.52 bits per heavy atom. The minimum Gasteiger partial charge on any atom is -0.310 e. The van der Waals surface area contributed by atoms with Crippen LogP contribution in [0, 0.1) is 0 Å². The molecule has 0 aliphatic heterocycles. The molecule has 0 amide bonds. The summed E-state index contributed by atoms with van der Waals surface area (Å²) >= 11 is 1.86. The van der Waals surface area contributed by atoms with Crippen LogP contribution in [0.25, 0.3) is 97.0 Å². The van der Waals surface area contributed by atoms with Crippen molar-refractivity contribution in [3.05, 3.63) is 237 Å². The second-order valence-electron chi connectivity index (χ2n) is 16.0. The molecule has 62 heavy (non-hydrogen) atoms. The van der Waals surface area contributed by atoms with Crippen LogP contribution in [0.2, 0.25) is 0 Å². The predicted octanol–water partition coefficient (Wildman–Crippen LogP) is 17.7. The highest BCUT2D eigenvalue weighted by atomic mass is 32.1. The van der Waals surface area contributed by atoms with Gasteiger partial charge in [0, 0.05) is 37.2 Å². The van der Waals surface area contributed by atoms with Gasteiger partial charge in [-0.15, -0.1) is 11.3 Å². The number of thiophene rings is 1. The lowest BCUT2D eigenvalue weighted by Crippen LogP contribution is -2.11. The lowest BCUT2D eigenvalue weighted by molar-refractivity contribution is 1.29. The molecule has 0 saturated carbocycles. The van der Waals surface area contributed by atoms with Gasteiger partial charge in [-0.05, 0) is 131 Å². The zero-order valence-electron chi connectivity index (χ0n) is 33.9. The van der Waals surface area contributed by atoms with Gasteiger partial charge in [0.05, 0.1) is 0 Å². The first-order valence-corrected chi connectivity index (χ1v) is 22.1. The van der Waals surface area contributed by atoms with Crippen LogP contribution in [0.1, 0.15) is 0 Å². The molecule has 1 aromatic heterocycles. The van der Waals surface area contributed by atoms with E-state index in [9.17, 15) is 0 Å². The van der Waals surface area contributed by atoms with E-state index in [4.69, 9.17) is 0 Å². The number of hydrogen-bond donors (Lipinski definition) is 0. The zero-order chi connectivity index (χ0) is 41.0. The molecule has 290 valence electrons. The van der Waals surface area contributed by atoms with E-state index in [1.807, 2.05) is 11.3 Å². The molecule has 0 radical (unpaired) electrons. The number of benzene rings is 11. The summed E-state index contributed by atoms with van der Waals surface area (Å²) in [4.78, 5) is 2.46. The fourth-order valence-corrected chi connectivity index (χ4v) is 10.7. The molecule has 12 aromatic rings. The number of anilines is 3. The number of fused-ring (bicyclic) bond motifs is 7. The second kappa shape index (κ2) is 15.0. The van der Waals surface area contributed by atoms with Gasteiger partial charge >= 0.3 is 0 Å². The SMILES string of the molecule is c1ccc(-c2cc(N(c3ccc(-c4cccc5ccccc45)cc3)c3ccc4sc5ccccc5c4c3)cc(-c3ccccc3)c2-c2cc3ccccc3c3ccccc23)cc1. The molecule has 0 unspecified atom stereocenters. The Morgan fingerprint density at radius 2 is 0.790 bits per heavy atom. The Morgan fingerprint density at radius 1 is 0.258 bits per heavy atom. The summed E-state index contributed by atoms with van der Waals surface area (Å²) in [6, 6.07) is 87.0. The van der Waals surface area contributed by atoms with Crippen LogP contribution in [0.4, 0.5) is 17.1 Å². The maximum atomic E-state index is 2.46. The van der Waals surface area contributed by atoms with E-state index >= 15 is 0 Å². The topological polar surface area (TPSA) is 3.24 Å². The van der Waals surface area contributed by atoms with Crippen LogP contribution in [0.5, 0.6) is 0 Å². The van der Waals surface area contributed by atoms with Gasteiger partial charge in [0.25, 0.3) is 0 Å². The van der Waals surface area contributed by atoms with E-state index < -0.39 is 0 Å². The average Bonchev–Trinajstić information content (AvgIpc) is 3.72. The third kappa shape index (κ3) is 6.15. The third-order valence-corrected chi connectivity index (χ3v) is 13.6. The summed E-state index contributed by atoms with van der Waals surface area (Å²) in [6.07, 6.45) is 0. The van der Waals surface area contributed by atoms with E-state index in [2.05, 4.69) is 241 Å². The van der Waals surface area contributed by atoms with Gasteiger partial charge in [-0.3, -0.25) is 0 Å². The Bertz CT molecular complexity index is 3560. The highest BCUT2D eigenvalue weighted by molar-refractivity contribution is 7.25. The summed E-state index contributed by atoms with van der Waals surface area (Å²) in [7, 11) is 0. The van der Waals surface area contributed by atoms with Crippen LogP contribution in [-0.2, 0) is 0 Å². The Kier molecular flexibility index (Phi) is 8.76. The molecule has 2 heteroatoms. The molecule has 0 aliphatic rings. The van der Waals surface area contributed by atoms with Crippen LogP contribution < -0.4 is 4.90 Å². The lowest BCUT2D eigenvalue weighted by Gasteiger charge is -2.29. The standard InChI is InChI=1S/C60H39NS/c1-3-16-41(17-4-1)54-38-47(39-55(42-18-5-2-6-19-42)60(54)57-36-44-21-8-10-24-50(44)51-25-11-12-26-52(51)57)61(46-34-35-59-56(37-46)53-27-13-14-29-58(53)62-59)45-32-30-43(31-33-45)49-28-15-22-40-20-7-9-23-48(40)49/h1-39H. The van der Waals surface area contributed by atoms with Crippen molar-refractivity contribution in [3.8, 4) is 44.5 Å². The van der Waals surface area contributed by atoms with Crippen LogP contribution in [0.3, 0.4) is 0 Å². The summed E-state index contributed by atoms with van der Waals surface area (Å²) in [5.41, 5.74) is 12.9. The van der Waals surface area contributed by atoms with Gasteiger partial charge in [0.1, 0.15) is 0 Å². The summed E-state index contributed by atoms with van der Waals surface area (Å²) < 4.78 is 2.59. The second-order valence-corrected chi connectivity index (χ2v) is 17.1.